The van der Waals surface area contributed by atoms with E-state index >= 15 is 0 Å². The van der Waals surface area contributed by atoms with Gasteiger partial charge in [-0.25, -0.2) is 0 Å². The highest BCUT2D eigenvalue weighted by atomic mass is 16.1. The van der Waals surface area contributed by atoms with Gasteiger partial charge in [0, 0.05) is 24.1 Å². The average molecular weight is 197 g/mol. The summed E-state index contributed by atoms with van der Waals surface area (Å²) in [6.07, 6.45) is 3.16. The monoisotopic (exact) mass is 197 g/mol. The molecule has 0 spiro atoms. The molecule has 73 valence electrons. The molecule has 1 heterocycles. The van der Waals surface area contributed by atoms with Gasteiger partial charge in [0.2, 0.25) is 0 Å². The zero-order valence-corrected chi connectivity index (χ0v) is 7.97. The Labute approximate surface area is 87.8 Å². The summed E-state index contributed by atoms with van der Waals surface area (Å²) in [6.45, 7) is 0. The topological polar surface area (TPSA) is 42.0 Å². The summed E-state index contributed by atoms with van der Waals surface area (Å²) in [7, 11) is 0. The van der Waals surface area contributed by atoms with E-state index in [0.29, 0.717) is 11.3 Å². The van der Waals surface area contributed by atoms with Gasteiger partial charge in [-0.15, -0.1) is 0 Å². The Morgan fingerprint density at radius 2 is 2.20 bits per heavy atom. The van der Waals surface area contributed by atoms with Gasteiger partial charge in [-0.1, -0.05) is 18.2 Å². The van der Waals surface area contributed by atoms with Crippen molar-refractivity contribution in [2.75, 3.05) is 5.32 Å². The first-order valence-electron chi connectivity index (χ1n) is 4.54. The van der Waals surface area contributed by atoms with E-state index in [2.05, 4.69) is 16.4 Å². The average Bonchev–Trinajstić information content (AvgIpc) is 2.31. The maximum Gasteiger partial charge on any atom is 0.257 e. The quantitative estimate of drug-likeness (QED) is 0.801. The molecule has 15 heavy (non-hydrogen) atoms. The van der Waals surface area contributed by atoms with Crippen molar-refractivity contribution >= 4 is 11.6 Å². The Morgan fingerprint density at radius 1 is 1.27 bits per heavy atom. The Balaban J connectivity index is 2.12. The van der Waals surface area contributed by atoms with Crippen molar-refractivity contribution in [3.63, 3.8) is 0 Å². The minimum absolute atomic E-state index is 0.175. The lowest BCUT2D eigenvalue weighted by Gasteiger charge is -2.03. The van der Waals surface area contributed by atoms with E-state index in [1.165, 1.54) is 6.20 Å². The molecular weight excluding hydrogens is 188 g/mol. The minimum Gasteiger partial charge on any atom is -0.321 e. The maximum atomic E-state index is 11.6. The van der Waals surface area contributed by atoms with Gasteiger partial charge < -0.3 is 5.32 Å². The predicted octanol–water partition coefficient (Wildman–Crippen LogP) is 2.13. The second-order valence-electron chi connectivity index (χ2n) is 2.97. The van der Waals surface area contributed by atoms with Gasteiger partial charge in [-0.3, -0.25) is 9.78 Å². The molecule has 0 aliphatic carbocycles. The third kappa shape index (κ3) is 2.40. The van der Waals surface area contributed by atoms with Crippen molar-refractivity contribution in [3.8, 4) is 0 Å². The number of hydrogen-bond acceptors (Lipinski definition) is 2. The van der Waals surface area contributed by atoms with Crippen molar-refractivity contribution in [1.82, 2.24) is 4.98 Å². The van der Waals surface area contributed by atoms with Gasteiger partial charge in [0.25, 0.3) is 5.91 Å². The Kier molecular flexibility index (Phi) is 2.74. The summed E-state index contributed by atoms with van der Waals surface area (Å²) in [4.78, 5) is 15.5. The zero-order chi connectivity index (χ0) is 10.5. The van der Waals surface area contributed by atoms with Crippen LogP contribution in [0.2, 0.25) is 0 Å². The number of nitrogens with zero attached hydrogens (tertiary/aromatic N) is 1. The van der Waals surface area contributed by atoms with E-state index < -0.39 is 0 Å². The first-order chi connectivity index (χ1) is 7.36. The van der Waals surface area contributed by atoms with Crippen LogP contribution in [0.4, 0.5) is 5.69 Å². The Bertz CT molecular complexity index is 440. The van der Waals surface area contributed by atoms with E-state index in [4.69, 9.17) is 0 Å². The number of pyridine rings is 1. The van der Waals surface area contributed by atoms with Crippen molar-refractivity contribution in [2.45, 2.75) is 0 Å². The first kappa shape index (κ1) is 9.40. The number of aromatic nitrogens is 1. The number of carbonyl (C=O) groups is 1. The van der Waals surface area contributed by atoms with Crippen molar-refractivity contribution in [3.05, 3.63) is 60.4 Å². The summed E-state index contributed by atoms with van der Waals surface area (Å²) in [5, 5.41) is 2.72. The predicted molar refractivity (Wildman–Crippen MR) is 57.5 cm³/mol. The Hall–Kier alpha value is -2.16. The molecule has 0 aliphatic heterocycles. The van der Waals surface area contributed by atoms with Gasteiger partial charge >= 0.3 is 0 Å². The van der Waals surface area contributed by atoms with Gasteiger partial charge in [0.05, 0.1) is 5.56 Å². The number of amides is 1. The van der Waals surface area contributed by atoms with Crippen LogP contribution in [0, 0.1) is 6.07 Å². The molecule has 0 atom stereocenters. The van der Waals surface area contributed by atoms with Crippen molar-refractivity contribution < 1.29 is 4.79 Å². The van der Waals surface area contributed by atoms with E-state index in [1.807, 2.05) is 12.1 Å². The molecule has 1 aromatic heterocycles. The lowest BCUT2D eigenvalue weighted by Crippen LogP contribution is -2.11. The highest BCUT2D eigenvalue weighted by molar-refractivity contribution is 6.03. The second kappa shape index (κ2) is 4.37. The van der Waals surface area contributed by atoms with Gasteiger partial charge in [-0.05, 0) is 18.2 Å². The first-order valence-corrected chi connectivity index (χ1v) is 4.54. The number of anilines is 1. The fourth-order valence-electron chi connectivity index (χ4n) is 1.16. The fraction of sp³-hybridized carbons (Fsp3) is 0. The number of nitrogens with one attached hydrogen (secondary N) is 1. The van der Waals surface area contributed by atoms with Crippen molar-refractivity contribution in [1.29, 1.82) is 0 Å². The standard InChI is InChI=1S/C12H9N2O/c15-12(10-5-4-8-13-9-10)14-11-6-2-1-3-7-11/h1-6,8-9H,(H,14,15). The van der Waals surface area contributed by atoms with Crippen LogP contribution in [0.25, 0.3) is 0 Å². The van der Waals surface area contributed by atoms with Crippen molar-refractivity contribution in [2.24, 2.45) is 0 Å². The summed E-state index contributed by atoms with van der Waals surface area (Å²) in [6, 6.07) is 13.6. The molecule has 0 saturated heterocycles. The van der Waals surface area contributed by atoms with Crippen LogP contribution < -0.4 is 5.32 Å². The smallest absolute Gasteiger partial charge is 0.257 e. The summed E-state index contributed by atoms with van der Waals surface area (Å²) in [5.74, 6) is -0.175. The summed E-state index contributed by atoms with van der Waals surface area (Å²) >= 11 is 0. The van der Waals surface area contributed by atoms with Crippen LogP contribution in [0.3, 0.4) is 0 Å². The molecule has 0 bridgehead atoms. The normalized spacial score (nSPS) is 9.60. The van der Waals surface area contributed by atoms with Crippen LogP contribution in [0.1, 0.15) is 10.4 Å². The number of para-hydroxylation sites is 1. The van der Waals surface area contributed by atoms with Crippen LogP contribution >= 0.6 is 0 Å². The number of carbonyl (C=O) groups excluding carboxylic acids is 1. The largest absolute Gasteiger partial charge is 0.321 e. The molecule has 2 aromatic rings. The van der Waals surface area contributed by atoms with Crippen LogP contribution in [-0.4, -0.2) is 10.9 Å². The summed E-state index contributed by atoms with van der Waals surface area (Å²) in [5.41, 5.74) is 1.20. The molecule has 2 rings (SSSR count). The molecule has 0 unspecified atom stereocenters. The number of hydrogen-bond donors (Lipinski definition) is 1. The molecule has 0 aliphatic rings. The third-order valence-electron chi connectivity index (χ3n) is 1.88. The van der Waals surface area contributed by atoms with Crippen LogP contribution in [0.5, 0.6) is 0 Å². The second-order valence-corrected chi connectivity index (χ2v) is 2.97. The molecule has 0 saturated carbocycles. The number of rotatable bonds is 2. The van der Waals surface area contributed by atoms with E-state index in [9.17, 15) is 4.79 Å². The third-order valence-corrected chi connectivity index (χ3v) is 1.88. The highest BCUT2D eigenvalue weighted by Crippen LogP contribution is 2.06. The molecule has 1 N–H and O–H groups in total. The highest BCUT2D eigenvalue weighted by Gasteiger charge is 2.04. The molecule has 3 heteroatoms. The fourth-order valence-corrected chi connectivity index (χ4v) is 1.16. The van der Waals surface area contributed by atoms with Gasteiger partial charge in [-0.2, -0.15) is 0 Å². The molecule has 1 amide bonds. The van der Waals surface area contributed by atoms with E-state index in [-0.39, 0.29) is 5.91 Å². The number of benzene rings is 1. The molecule has 1 radical (unpaired) electrons. The van der Waals surface area contributed by atoms with E-state index in [0.717, 1.165) is 0 Å². The van der Waals surface area contributed by atoms with E-state index in [1.54, 1.807) is 30.5 Å². The van der Waals surface area contributed by atoms with Crippen LogP contribution in [0.15, 0.2) is 48.8 Å². The molecule has 0 fully saturated rings. The SMILES string of the molecule is O=C(Nc1[c]cccc1)c1cccnc1. The molecular formula is C12H9N2O. The zero-order valence-electron chi connectivity index (χ0n) is 7.97. The maximum absolute atomic E-state index is 11.6. The van der Waals surface area contributed by atoms with Gasteiger partial charge in [0.1, 0.15) is 0 Å². The summed E-state index contributed by atoms with van der Waals surface area (Å²) < 4.78 is 0. The Morgan fingerprint density at radius 3 is 2.87 bits per heavy atom. The minimum atomic E-state index is -0.175. The van der Waals surface area contributed by atoms with Crippen LogP contribution in [-0.2, 0) is 0 Å². The molecule has 3 nitrogen and oxygen atoms in total. The molecule has 1 aromatic carbocycles. The van der Waals surface area contributed by atoms with Gasteiger partial charge in [0.15, 0.2) is 0 Å². The lowest BCUT2D eigenvalue weighted by atomic mass is 10.2. The lowest BCUT2D eigenvalue weighted by molar-refractivity contribution is 0.102.